The highest BCUT2D eigenvalue weighted by Gasteiger charge is 2.29. The van der Waals surface area contributed by atoms with Crippen molar-refractivity contribution in [3.63, 3.8) is 0 Å². The highest BCUT2D eigenvalue weighted by Crippen LogP contribution is 2.29. The van der Waals surface area contributed by atoms with E-state index in [0.29, 0.717) is 16.1 Å². The van der Waals surface area contributed by atoms with Crippen LogP contribution in [0.5, 0.6) is 0 Å². The summed E-state index contributed by atoms with van der Waals surface area (Å²) < 4.78 is 26.4. The maximum absolute atomic E-state index is 12.6. The number of thioether (sulfide) groups is 1. The van der Waals surface area contributed by atoms with Crippen LogP contribution in [0.1, 0.15) is 26.3 Å². The first-order chi connectivity index (χ1) is 12.1. The molecule has 0 aliphatic carbocycles. The van der Waals surface area contributed by atoms with E-state index in [1.165, 1.54) is 11.3 Å². The number of anilines is 2. The van der Waals surface area contributed by atoms with Crippen LogP contribution in [0.25, 0.3) is 0 Å². The summed E-state index contributed by atoms with van der Waals surface area (Å²) in [6.45, 7) is 7.53. The number of carbonyl (C=O) groups excluding carboxylic acids is 1. The fourth-order valence-corrected chi connectivity index (χ4v) is 5.37. The molecule has 1 heterocycles. The van der Waals surface area contributed by atoms with Crippen molar-refractivity contribution in [3.05, 3.63) is 29.8 Å². The predicted octanol–water partition coefficient (Wildman–Crippen LogP) is 3.14. The molecule has 0 aliphatic rings. The Kier molecular flexibility index (Phi) is 6.64. The molecule has 1 N–H and O–H groups in total. The molecule has 1 atom stereocenters. The molecule has 142 valence electrons. The molecule has 0 bridgehead atoms. The quantitative estimate of drug-likeness (QED) is 0.553. The number of carbonyl (C=O) groups is 1. The van der Waals surface area contributed by atoms with Gasteiger partial charge in [0.2, 0.25) is 21.1 Å². The smallest absolute Gasteiger partial charge is 0.249 e. The van der Waals surface area contributed by atoms with Crippen molar-refractivity contribution in [2.45, 2.75) is 43.3 Å². The van der Waals surface area contributed by atoms with E-state index in [0.717, 1.165) is 20.5 Å². The molecule has 0 spiro atoms. The lowest BCUT2D eigenvalue weighted by molar-refractivity contribution is -0.116. The van der Waals surface area contributed by atoms with Crippen molar-refractivity contribution in [1.82, 2.24) is 10.2 Å². The first kappa shape index (κ1) is 20.7. The maximum Gasteiger partial charge on any atom is 0.249 e. The molecule has 10 heteroatoms. The predicted molar refractivity (Wildman–Crippen MR) is 107 cm³/mol. The number of hydrogen-bond donors (Lipinski definition) is 1. The van der Waals surface area contributed by atoms with Gasteiger partial charge in [0, 0.05) is 5.25 Å². The topological polar surface area (TPSA) is 92.3 Å². The molecule has 7 nitrogen and oxygen atoms in total. The Morgan fingerprint density at radius 1 is 1.19 bits per heavy atom. The lowest BCUT2D eigenvalue weighted by atomic mass is 10.2. The summed E-state index contributed by atoms with van der Waals surface area (Å²) in [6, 6.07) is 6.04. The van der Waals surface area contributed by atoms with Crippen molar-refractivity contribution < 1.29 is 13.2 Å². The van der Waals surface area contributed by atoms with Crippen LogP contribution in [0.3, 0.4) is 0 Å². The first-order valence-corrected chi connectivity index (χ1v) is 11.5. The zero-order valence-electron chi connectivity index (χ0n) is 15.3. The van der Waals surface area contributed by atoms with Crippen molar-refractivity contribution in [1.29, 1.82) is 0 Å². The van der Waals surface area contributed by atoms with Crippen LogP contribution in [0.4, 0.5) is 10.8 Å². The van der Waals surface area contributed by atoms with Gasteiger partial charge in [0.05, 0.1) is 11.9 Å². The molecule has 2 aromatic rings. The number of aryl methyl sites for hydroxylation is 1. The van der Waals surface area contributed by atoms with Crippen molar-refractivity contribution in [2.75, 3.05) is 15.9 Å². The summed E-state index contributed by atoms with van der Waals surface area (Å²) >= 11 is 2.82. The van der Waals surface area contributed by atoms with Gasteiger partial charge in [0.25, 0.3) is 0 Å². The van der Waals surface area contributed by atoms with Gasteiger partial charge in [0.1, 0.15) is 6.04 Å². The fraction of sp³-hybridized carbons (Fsp3) is 0.438. The number of hydrogen-bond acceptors (Lipinski definition) is 7. The number of nitrogens with one attached hydrogen (secondary N) is 1. The van der Waals surface area contributed by atoms with Crippen LogP contribution in [-0.2, 0) is 14.8 Å². The van der Waals surface area contributed by atoms with Gasteiger partial charge in [0.15, 0.2) is 4.34 Å². The average Bonchev–Trinajstić information content (AvgIpc) is 2.94. The minimum absolute atomic E-state index is 0.349. The van der Waals surface area contributed by atoms with Gasteiger partial charge >= 0.3 is 0 Å². The lowest BCUT2D eigenvalue weighted by Crippen LogP contribution is -2.45. The number of nitrogens with zero attached hydrogens (tertiary/aromatic N) is 3. The summed E-state index contributed by atoms with van der Waals surface area (Å²) in [6.07, 6.45) is 1.08. The molecule has 1 aromatic heterocycles. The number of aromatic nitrogens is 2. The van der Waals surface area contributed by atoms with Crippen LogP contribution in [0.2, 0.25) is 0 Å². The Bertz CT molecular complexity index is 863. The Labute approximate surface area is 162 Å². The maximum atomic E-state index is 12.6. The van der Waals surface area contributed by atoms with Crippen LogP contribution in [0, 0.1) is 6.92 Å². The van der Waals surface area contributed by atoms with Crippen LogP contribution in [-0.4, -0.2) is 42.1 Å². The van der Waals surface area contributed by atoms with Gasteiger partial charge in [-0.1, -0.05) is 54.6 Å². The molecule has 0 fully saturated rings. The monoisotopic (exact) mass is 414 g/mol. The van der Waals surface area contributed by atoms with Gasteiger partial charge < -0.3 is 0 Å². The third-order valence-corrected chi connectivity index (χ3v) is 6.52. The minimum atomic E-state index is -3.64. The average molecular weight is 415 g/mol. The normalized spacial score (nSPS) is 12.8. The van der Waals surface area contributed by atoms with Gasteiger partial charge in [-0.15, -0.1) is 10.2 Å². The number of amides is 1. The van der Waals surface area contributed by atoms with E-state index in [4.69, 9.17) is 0 Å². The molecular weight excluding hydrogens is 392 g/mol. The Balaban J connectivity index is 2.19. The molecule has 2 rings (SSSR count). The molecule has 0 unspecified atom stereocenters. The second kappa shape index (κ2) is 8.36. The van der Waals surface area contributed by atoms with Crippen molar-refractivity contribution >= 4 is 49.8 Å². The van der Waals surface area contributed by atoms with E-state index in [1.807, 2.05) is 20.8 Å². The van der Waals surface area contributed by atoms with Crippen LogP contribution >= 0.6 is 23.1 Å². The van der Waals surface area contributed by atoms with Crippen molar-refractivity contribution in [2.24, 2.45) is 0 Å². The van der Waals surface area contributed by atoms with Gasteiger partial charge in [-0.3, -0.25) is 14.4 Å². The number of sulfonamides is 1. The summed E-state index contributed by atoms with van der Waals surface area (Å²) in [4.78, 5) is 12.6. The zero-order valence-corrected chi connectivity index (χ0v) is 17.7. The fourth-order valence-electron chi connectivity index (χ4n) is 2.22. The van der Waals surface area contributed by atoms with Crippen LogP contribution in [0.15, 0.2) is 28.6 Å². The van der Waals surface area contributed by atoms with E-state index in [1.54, 1.807) is 43.0 Å². The SMILES string of the molecule is Cc1ccc(N([C@@H](C)C(=O)Nc2nnc(SC(C)C)s2)S(C)(=O)=O)cc1. The molecule has 1 amide bonds. The molecular formula is C16H22N4O3S3. The highest BCUT2D eigenvalue weighted by molar-refractivity contribution is 8.01. The third kappa shape index (κ3) is 5.42. The van der Waals surface area contributed by atoms with Gasteiger partial charge in [-0.05, 0) is 26.0 Å². The van der Waals surface area contributed by atoms with E-state index in [9.17, 15) is 13.2 Å². The number of rotatable bonds is 7. The first-order valence-electron chi connectivity index (χ1n) is 7.95. The lowest BCUT2D eigenvalue weighted by Gasteiger charge is -2.27. The van der Waals surface area contributed by atoms with E-state index in [2.05, 4.69) is 15.5 Å². The third-order valence-electron chi connectivity index (χ3n) is 3.35. The van der Waals surface area contributed by atoms with Crippen molar-refractivity contribution in [3.8, 4) is 0 Å². The summed E-state index contributed by atoms with van der Waals surface area (Å²) in [5, 5.41) is 11.3. The number of benzene rings is 1. The molecule has 0 radical (unpaired) electrons. The Morgan fingerprint density at radius 3 is 2.35 bits per heavy atom. The Morgan fingerprint density at radius 2 is 1.81 bits per heavy atom. The zero-order chi connectivity index (χ0) is 19.5. The summed E-state index contributed by atoms with van der Waals surface area (Å²) in [7, 11) is -3.64. The largest absolute Gasteiger partial charge is 0.299 e. The van der Waals surface area contributed by atoms with Crippen LogP contribution < -0.4 is 9.62 Å². The standard InChI is InChI=1S/C16H22N4O3S3/c1-10(2)24-16-19-18-15(25-16)17-14(21)12(4)20(26(5,22)23)13-8-6-11(3)7-9-13/h6-10,12H,1-5H3,(H,17,18,21)/t12-/m0/s1. The molecule has 0 saturated carbocycles. The van der Waals surface area contributed by atoms with E-state index < -0.39 is 22.0 Å². The molecule has 0 saturated heterocycles. The second-order valence-electron chi connectivity index (χ2n) is 6.10. The van der Waals surface area contributed by atoms with E-state index >= 15 is 0 Å². The van der Waals surface area contributed by atoms with Gasteiger partial charge in [-0.25, -0.2) is 8.42 Å². The van der Waals surface area contributed by atoms with Gasteiger partial charge in [-0.2, -0.15) is 0 Å². The molecule has 1 aromatic carbocycles. The summed E-state index contributed by atoms with van der Waals surface area (Å²) in [5.41, 5.74) is 1.44. The molecule has 0 aliphatic heterocycles. The Hall–Kier alpha value is -1.65. The highest BCUT2D eigenvalue weighted by atomic mass is 32.2. The van der Waals surface area contributed by atoms with E-state index in [-0.39, 0.29) is 0 Å². The second-order valence-corrected chi connectivity index (χ2v) is 10.8. The minimum Gasteiger partial charge on any atom is -0.299 e. The summed E-state index contributed by atoms with van der Waals surface area (Å²) in [5.74, 6) is -0.465. The molecule has 26 heavy (non-hydrogen) atoms.